The summed E-state index contributed by atoms with van der Waals surface area (Å²) in [6, 6.07) is 13.2. The van der Waals surface area contributed by atoms with Crippen LogP contribution >= 0.6 is 0 Å². The number of amides is 1. The highest BCUT2D eigenvalue weighted by atomic mass is 16.2. The fraction of sp³-hybridized carbons (Fsp3) is 0.360. The Bertz CT molecular complexity index is 1370. The minimum atomic E-state index is -0.0729. The SMILES string of the molecule is O=C(c1ccc2c(=O)n3c(nc2c1)CCCCC3)N1CCCC1c1nc2ccccc2[nH]1. The lowest BCUT2D eigenvalue weighted by Crippen LogP contribution is -2.31. The molecule has 6 rings (SSSR count). The zero-order valence-electron chi connectivity index (χ0n) is 17.9. The summed E-state index contributed by atoms with van der Waals surface area (Å²) >= 11 is 0. The molecule has 7 heteroatoms. The summed E-state index contributed by atoms with van der Waals surface area (Å²) in [6.45, 7) is 1.42. The molecule has 32 heavy (non-hydrogen) atoms. The van der Waals surface area contributed by atoms with Crippen LogP contribution in [0.2, 0.25) is 0 Å². The largest absolute Gasteiger partial charge is 0.340 e. The van der Waals surface area contributed by atoms with Gasteiger partial charge in [0, 0.05) is 25.1 Å². The lowest BCUT2D eigenvalue weighted by molar-refractivity contribution is 0.0730. The Morgan fingerprint density at radius 3 is 2.78 bits per heavy atom. The Labute approximate surface area is 185 Å². The number of aryl methyl sites for hydroxylation is 1. The highest BCUT2D eigenvalue weighted by Gasteiger charge is 2.33. The summed E-state index contributed by atoms with van der Waals surface area (Å²) in [5.41, 5.74) is 3.10. The summed E-state index contributed by atoms with van der Waals surface area (Å²) in [5.74, 6) is 1.64. The van der Waals surface area contributed by atoms with E-state index in [9.17, 15) is 9.59 Å². The maximum Gasteiger partial charge on any atom is 0.261 e. The average Bonchev–Trinajstić information content (AvgIpc) is 3.40. The van der Waals surface area contributed by atoms with Gasteiger partial charge in [0.1, 0.15) is 11.6 Å². The number of hydrogen-bond donors (Lipinski definition) is 1. The van der Waals surface area contributed by atoms with Gasteiger partial charge >= 0.3 is 0 Å². The Kier molecular flexibility index (Phi) is 4.56. The van der Waals surface area contributed by atoms with E-state index in [4.69, 9.17) is 9.97 Å². The minimum Gasteiger partial charge on any atom is -0.340 e. The number of benzene rings is 2. The van der Waals surface area contributed by atoms with Crippen LogP contribution in [0.25, 0.3) is 21.9 Å². The molecule has 0 radical (unpaired) electrons. The molecule has 2 aromatic carbocycles. The molecule has 2 aliphatic rings. The van der Waals surface area contributed by atoms with E-state index in [2.05, 4.69) is 4.98 Å². The van der Waals surface area contributed by atoms with E-state index in [1.54, 1.807) is 18.2 Å². The molecular formula is C25H25N5O2. The third-order valence-corrected chi connectivity index (χ3v) is 6.80. The van der Waals surface area contributed by atoms with Gasteiger partial charge in [0.25, 0.3) is 11.5 Å². The molecule has 1 saturated heterocycles. The van der Waals surface area contributed by atoms with Crippen LogP contribution in [0.3, 0.4) is 0 Å². The predicted molar refractivity (Wildman–Crippen MR) is 123 cm³/mol. The molecule has 1 fully saturated rings. The maximum absolute atomic E-state index is 13.5. The number of aromatic nitrogens is 4. The Morgan fingerprint density at radius 2 is 1.88 bits per heavy atom. The molecular weight excluding hydrogens is 402 g/mol. The Morgan fingerprint density at radius 1 is 0.969 bits per heavy atom. The molecule has 1 amide bonds. The summed E-state index contributed by atoms with van der Waals surface area (Å²) in [5, 5.41) is 0.586. The summed E-state index contributed by atoms with van der Waals surface area (Å²) in [6.07, 6.45) is 5.79. The molecule has 1 unspecified atom stereocenters. The van der Waals surface area contributed by atoms with Crippen molar-refractivity contribution in [3.63, 3.8) is 0 Å². The molecule has 1 atom stereocenters. The van der Waals surface area contributed by atoms with E-state index in [-0.39, 0.29) is 17.5 Å². The number of carbonyl (C=O) groups is 1. The maximum atomic E-state index is 13.5. The van der Waals surface area contributed by atoms with Crippen molar-refractivity contribution in [1.82, 2.24) is 24.4 Å². The number of nitrogens with zero attached hydrogens (tertiary/aromatic N) is 4. The number of para-hydroxylation sites is 2. The predicted octanol–water partition coefficient (Wildman–Crippen LogP) is 3.98. The first kappa shape index (κ1) is 19.2. The van der Waals surface area contributed by atoms with Crippen LogP contribution in [0, 0.1) is 0 Å². The fourth-order valence-electron chi connectivity index (χ4n) is 5.14. The molecule has 4 heterocycles. The number of carbonyl (C=O) groups excluding carboxylic acids is 1. The summed E-state index contributed by atoms with van der Waals surface area (Å²) in [7, 11) is 0. The van der Waals surface area contributed by atoms with Crippen LogP contribution in [0.5, 0.6) is 0 Å². The zero-order chi connectivity index (χ0) is 21.7. The lowest BCUT2D eigenvalue weighted by atomic mass is 10.1. The van der Waals surface area contributed by atoms with Gasteiger partial charge < -0.3 is 9.88 Å². The molecule has 7 nitrogen and oxygen atoms in total. The van der Waals surface area contributed by atoms with Crippen molar-refractivity contribution in [2.24, 2.45) is 0 Å². The second kappa shape index (κ2) is 7.58. The number of fused-ring (bicyclic) bond motifs is 3. The van der Waals surface area contributed by atoms with Crippen molar-refractivity contribution < 1.29 is 4.79 Å². The smallest absolute Gasteiger partial charge is 0.261 e. The second-order valence-electron chi connectivity index (χ2n) is 8.82. The molecule has 0 bridgehead atoms. The second-order valence-corrected chi connectivity index (χ2v) is 8.82. The number of imidazole rings is 1. The van der Waals surface area contributed by atoms with Gasteiger partial charge in [-0.2, -0.15) is 0 Å². The number of aromatic amines is 1. The van der Waals surface area contributed by atoms with Crippen LogP contribution in [-0.2, 0) is 13.0 Å². The van der Waals surface area contributed by atoms with Crippen molar-refractivity contribution in [2.75, 3.05) is 6.54 Å². The normalized spacial score (nSPS) is 18.8. The monoisotopic (exact) mass is 427 g/mol. The van der Waals surface area contributed by atoms with Gasteiger partial charge in [-0.15, -0.1) is 0 Å². The van der Waals surface area contributed by atoms with Crippen LogP contribution < -0.4 is 5.56 Å². The minimum absolute atomic E-state index is 0.00669. The van der Waals surface area contributed by atoms with Crippen molar-refractivity contribution in [2.45, 2.75) is 51.1 Å². The molecule has 0 aliphatic carbocycles. The average molecular weight is 428 g/mol. The first-order chi connectivity index (χ1) is 15.7. The molecule has 2 aromatic heterocycles. The highest BCUT2D eigenvalue weighted by Crippen LogP contribution is 2.33. The number of hydrogen-bond acceptors (Lipinski definition) is 4. The van der Waals surface area contributed by atoms with Gasteiger partial charge in [0.2, 0.25) is 0 Å². The molecule has 0 spiro atoms. The third-order valence-electron chi connectivity index (χ3n) is 6.80. The Hall–Kier alpha value is -3.48. The highest BCUT2D eigenvalue weighted by molar-refractivity contribution is 5.98. The number of likely N-dealkylation sites (tertiary alicyclic amines) is 1. The van der Waals surface area contributed by atoms with Crippen LogP contribution in [0.1, 0.15) is 60.2 Å². The number of H-pyrrole nitrogens is 1. The van der Waals surface area contributed by atoms with E-state index < -0.39 is 0 Å². The molecule has 2 aliphatic heterocycles. The van der Waals surface area contributed by atoms with E-state index in [0.29, 0.717) is 23.0 Å². The zero-order valence-corrected chi connectivity index (χ0v) is 17.9. The summed E-state index contributed by atoms with van der Waals surface area (Å²) < 4.78 is 1.81. The number of rotatable bonds is 2. The first-order valence-electron chi connectivity index (χ1n) is 11.5. The standard InChI is InChI=1S/C25H25N5O2/c31-24(29-14-6-9-21(29)23-27-18-7-3-4-8-19(18)28-23)16-11-12-17-20(15-16)26-22-10-2-1-5-13-30(22)25(17)32/h3-4,7-8,11-12,15,21H,1-2,5-6,9-10,13-14H2,(H,27,28). The van der Waals surface area contributed by atoms with Gasteiger partial charge in [-0.05, 0) is 56.0 Å². The molecule has 162 valence electrons. The Balaban J connectivity index is 1.36. The van der Waals surface area contributed by atoms with Gasteiger partial charge in [0.15, 0.2) is 0 Å². The van der Waals surface area contributed by atoms with Crippen LogP contribution in [-0.4, -0.2) is 36.9 Å². The quantitative estimate of drug-likeness (QED) is 0.525. The van der Waals surface area contributed by atoms with E-state index in [1.165, 1.54) is 0 Å². The van der Waals surface area contributed by atoms with Gasteiger partial charge in [-0.1, -0.05) is 18.6 Å². The molecule has 1 N–H and O–H groups in total. The van der Waals surface area contributed by atoms with E-state index in [1.807, 2.05) is 33.7 Å². The van der Waals surface area contributed by atoms with Crippen molar-refractivity contribution in [3.8, 4) is 0 Å². The van der Waals surface area contributed by atoms with E-state index >= 15 is 0 Å². The van der Waals surface area contributed by atoms with E-state index in [0.717, 1.165) is 67.8 Å². The fourth-order valence-corrected chi connectivity index (χ4v) is 5.14. The number of nitrogens with one attached hydrogen (secondary N) is 1. The third kappa shape index (κ3) is 3.11. The molecule has 4 aromatic rings. The topological polar surface area (TPSA) is 83.9 Å². The summed E-state index contributed by atoms with van der Waals surface area (Å²) in [4.78, 5) is 41.3. The van der Waals surface area contributed by atoms with Crippen molar-refractivity contribution in [3.05, 3.63) is 70.0 Å². The van der Waals surface area contributed by atoms with Crippen LogP contribution in [0.4, 0.5) is 0 Å². The van der Waals surface area contributed by atoms with Crippen molar-refractivity contribution >= 4 is 27.8 Å². The van der Waals surface area contributed by atoms with Crippen LogP contribution in [0.15, 0.2) is 47.3 Å². The van der Waals surface area contributed by atoms with Gasteiger partial charge in [0.05, 0.1) is 28.0 Å². The van der Waals surface area contributed by atoms with Gasteiger partial charge in [-0.25, -0.2) is 9.97 Å². The first-order valence-corrected chi connectivity index (χ1v) is 11.5. The lowest BCUT2D eigenvalue weighted by Gasteiger charge is -2.23. The van der Waals surface area contributed by atoms with Gasteiger partial charge in [-0.3, -0.25) is 14.2 Å². The molecule has 0 saturated carbocycles. The van der Waals surface area contributed by atoms with Crippen molar-refractivity contribution in [1.29, 1.82) is 0 Å².